The maximum Gasteiger partial charge on any atom is 0.227 e. The van der Waals surface area contributed by atoms with Crippen molar-refractivity contribution in [2.24, 2.45) is 5.92 Å². The molecule has 0 saturated carbocycles. The van der Waals surface area contributed by atoms with Crippen LogP contribution in [0.15, 0.2) is 73.1 Å². The Kier molecular flexibility index (Phi) is 8.16. The third-order valence-electron chi connectivity index (χ3n) is 5.80. The summed E-state index contributed by atoms with van der Waals surface area (Å²) in [4.78, 5) is 27.1. The summed E-state index contributed by atoms with van der Waals surface area (Å²) >= 11 is 0. The van der Waals surface area contributed by atoms with E-state index in [0.717, 1.165) is 5.75 Å². The quantitative estimate of drug-likeness (QED) is 0.498. The summed E-state index contributed by atoms with van der Waals surface area (Å²) in [5.41, 5.74) is 0.707. The molecule has 1 aromatic heterocycles. The highest BCUT2D eigenvalue weighted by Gasteiger charge is 2.27. The van der Waals surface area contributed by atoms with Crippen molar-refractivity contribution in [1.82, 2.24) is 14.7 Å². The minimum atomic E-state index is -0.117. The maximum absolute atomic E-state index is 12.8. The molecule has 0 bridgehead atoms. The van der Waals surface area contributed by atoms with Gasteiger partial charge in [0.05, 0.1) is 19.6 Å². The van der Waals surface area contributed by atoms with E-state index in [0.29, 0.717) is 63.5 Å². The predicted octanol–water partition coefficient (Wildman–Crippen LogP) is 3.61. The van der Waals surface area contributed by atoms with E-state index >= 15 is 0 Å². The summed E-state index contributed by atoms with van der Waals surface area (Å²) in [5.74, 6) is 1.39. The van der Waals surface area contributed by atoms with E-state index in [1.807, 2.05) is 71.8 Å². The van der Waals surface area contributed by atoms with Crippen LogP contribution in [0, 0.1) is 5.92 Å². The Balaban J connectivity index is 1.17. The fourth-order valence-electron chi connectivity index (χ4n) is 3.92. The van der Waals surface area contributed by atoms with Crippen molar-refractivity contribution in [3.05, 3.63) is 73.1 Å². The molecule has 4 rings (SSSR count). The number of benzene rings is 2. The third kappa shape index (κ3) is 6.84. The summed E-state index contributed by atoms with van der Waals surface area (Å²) in [6, 6.07) is 18.7. The van der Waals surface area contributed by atoms with E-state index in [1.54, 1.807) is 10.9 Å². The second-order valence-corrected chi connectivity index (χ2v) is 8.20. The van der Waals surface area contributed by atoms with Gasteiger partial charge in [-0.15, -0.1) is 0 Å². The molecule has 1 saturated heterocycles. The monoisotopic (exact) mass is 462 g/mol. The van der Waals surface area contributed by atoms with Gasteiger partial charge in [0.25, 0.3) is 0 Å². The lowest BCUT2D eigenvalue weighted by Gasteiger charge is -2.31. The van der Waals surface area contributed by atoms with Gasteiger partial charge in [-0.05, 0) is 43.2 Å². The van der Waals surface area contributed by atoms with E-state index in [2.05, 4.69) is 10.4 Å². The zero-order valence-electron chi connectivity index (χ0n) is 19.1. The highest BCUT2D eigenvalue weighted by molar-refractivity contribution is 5.93. The average Bonchev–Trinajstić information content (AvgIpc) is 3.39. The molecule has 178 valence electrons. The second kappa shape index (κ2) is 11.9. The molecule has 2 aromatic carbocycles. The number of rotatable bonds is 10. The minimum Gasteiger partial charge on any atom is -0.493 e. The molecule has 1 aliphatic heterocycles. The highest BCUT2D eigenvalue weighted by atomic mass is 16.5. The largest absolute Gasteiger partial charge is 0.493 e. The fourth-order valence-corrected chi connectivity index (χ4v) is 3.92. The number of aromatic nitrogens is 2. The Bertz CT molecular complexity index is 1050. The average molecular weight is 463 g/mol. The Labute approximate surface area is 199 Å². The number of nitrogens with one attached hydrogen (secondary N) is 1. The first-order chi connectivity index (χ1) is 16.7. The van der Waals surface area contributed by atoms with Gasteiger partial charge in [-0.3, -0.25) is 14.3 Å². The summed E-state index contributed by atoms with van der Waals surface area (Å²) in [6.45, 7) is 2.66. The zero-order valence-corrected chi connectivity index (χ0v) is 19.1. The Hall–Kier alpha value is -3.81. The van der Waals surface area contributed by atoms with Crippen molar-refractivity contribution in [1.29, 1.82) is 0 Å². The topological polar surface area (TPSA) is 85.7 Å². The number of hydrogen-bond donors (Lipinski definition) is 1. The molecule has 0 unspecified atom stereocenters. The number of amides is 2. The van der Waals surface area contributed by atoms with Crippen LogP contribution in [0.3, 0.4) is 0 Å². The van der Waals surface area contributed by atoms with E-state index in [9.17, 15) is 9.59 Å². The van der Waals surface area contributed by atoms with Crippen molar-refractivity contribution >= 4 is 17.5 Å². The third-order valence-corrected chi connectivity index (χ3v) is 5.80. The molecule has 0 radical (unpaired) electrons. The van der Waals surface area contributed by atoms with Crippen molar-refractivity contribution in [2.75, 3.05) is 31.6 Å². The van der Waals surface area contributed by atoms with Crippen LogP contribution in [0.1, 0.15) is 19.3 Å². The molecule has 3 aromatic rings. The van der Waals surface area contributed by atoms with Gasteiger partial charge in [-0.25, -0.2) is 0 Å². The van der Waals surface area contributed by atoms with Gasteiger partial charge in [0.15, 0.2) is 0 Å². The van der Waals surface area contributed by atoms with E-state index in [1.165, 1.54) is 0 Å². The number of anilines is 1. The van der Waals surface area contributed by atoms with Gasteiger partial charge in [0, 0.05) is 43.2 Å². The molecule has 0 atom stereocenters. The summed E-state index contributed by atoms with van der Waals surface area (Å²) in [7, 11) is 0. The number of para-hydroxylation sites is 1. The number of carbonyl (C=O) groups is 2. The first kappa shape index (κ1) is 23.4. The van der Waals surface area contributed by atoms with Gasteiger partial charge < -0.3 is 19.7 Å². The van der Waals surface area contributed by atoms with Gasteiger partial charge in [0.2, 0.25) is 11.8 Å². The minimum absolute atomic E-state index is 0.0202. The second-order valence-electron chi connectivity index (χ2n) is 8.20. The normalized spacial score (nSPS) is 13.9. The smallest absolute Gasteiger partial charge is 0.227 e. The molecule has 0 aliphatic carbocycles. The number of ether oxygens (including phenoxy) is 2. The molecule has 1 fully saturated rings. The van der Waals surface area contributed by atoms with E-state index in [-0.39, 0.29) is 17.7 Å². The number of carbonyl (C=O) groups excluding carboxylic acids is 2. The van der Waals surface area contributed by atoms with Gasteiger partial charge in [0.1, 0.15) is 18.1 Å². The number of piperidine rings is 1. The molecule has 1 N–H and O–H groups in total. The summed E-state index contributed by atoms with van der Waals surface area (Å²) in [6.07, 6.45) is 5.25. The number of nitrogens with zero attached hydrogens (tertiary/aromatic N) is 3. The first-order valence-electron chi connectivity index (χ1n) is 11.6. The number of likely N-dealkylation sites (tertiary alicyclic amines) is 1. The Morgan fingerprint density at radius 2 is 1.71 bits per heavy atom. The molecule has 8 heteroatoms. The molecule has 2 heterocycles. The van der Waals surface area contributed by atoms with Crippen LogP contribution in [0.25, 0.3) is 0 Å². The molecular weight excluding hydrogens is 432 g/mol. The Morgan fingerprint density at radius 1 is 0.941 bits per heavy atom. The molecule has 8 nitrogen and oxygen atoms in total. The zero-order chi connectivity index (χ0) is 23.6. The summed E-state index contributed by atoms with van der Waals surface area (Å²) in [5, 5.41) is 7.14. The van der Waals surface area contributed by atoms with Crippen LogP contribution < -0.4 is 14.8 Å². The lowest BCUT2D eigenvalue weighted by atomic mass is 9.95. The van der Waals surface area contributed by atoms with Crippen molar-refractivity contribution in [3.63, 3.8) is 0 Å². The van der Waals surface area contributed by atoms with Crippen molar-refractivity contribution < 1.29 is 19.1 Å². The SMILES string of the molecule is O=C(Nc1cccc(OCCn2cccn2)c1)C1CCN(C(=O)CCOc2ccccc2)CC1. The van der Waals surface area contributed by atoms with E-state index < -0.39 is 0 Å². The van der Waals surface area contributed by atoms with E-state index in [4.69, 9.17) is 9.47 Å². The molecule has 34 heavy (non-hydrogen) atoms. The van der Waals surface area contributed by atoms with Crippen LogP contribution in [0.4, 0.5) is 5.69 Å². The van der Waals surface area contributed by atoms with Crippen molar-refractivity contribution in [2.45, 2.75) is 25.8 Å². The van der Waals surface area contributed by atoms with Crippen LogP contribution in [-0.2, 0) is 16.1 Å². The molecule has 1 aliphatic rings. The van der Waals surface area contributed by atoms with Crippen LogP contribution in [-0.4, -0.2) is 52.8 Å². The highest BCUT2D eigenvalue weighted by Crippen LogP contribution is 2.22. The maximum atomic E-state index is 12.8. The number of hydrogen-bond acceptors (Lipinski definition) is 5. The molecular formula is C26H30N4O4. The predicted molar refractivity (Wildman–Crippen MR) is 129 cm³/mol. The lowest BCUT2D eigenvalue weighted by molar-refractivity contribution is -0.135. The van der Waals surface area contributed by atoms with Crippen LogP contribution in [0.2, 0.25) is 0 Å². The molecule has 2 amide bonds. The van der Waals surface area contributed by atoms with Crippen LogP contribution >= 0.6 is 0 Å². The standard InChI is InChI=1S/C26H30N4O4/c31-25(12-18-33-23-7-2-1-3-8-23)29-15-10-21(11-16-29)26(32)28-22-6-4-9-24(20-22)34-19-17-30-14-5-13-27-30/h1-9,13-14,20-21H,10-12,15-19H2,(H,28,32). The summed E-state index contributed by atoms with van der Waals surface area (Å²) < 4.78 is 13.2. The van der Waals surface area contributed by atoms with Crippen molar-refractivity contribution in [3.8, 4) is 11.5 Å². The molecule has 0 spiro atoms. The van der Waals surface area contributed by atoms with Gasteiger partial charge in [-0.2, -0.15) is 5.10 Å². The van der Waals surface area contributed by atoms with Gasteiger partial charge >= 0.3 is 0 Å². The van der Waals surface area contributed by atoms with Crippen LogP contribution in [0.5, 0.6) is 11.5 Å². The first-order valence-corrected chi connectivity index (χ1v) is 11.6. The van der Waals surface area contributed by atoms with Gasteiger partial charge in [-0.1, -0.05) is 24.3 Å². The Morgan fingerprint density at radius 3 is 2.47 bits per heavy atom. The lowest BCUT2D eigenvalue weighted by Crippen LogP contribution is -2.41. The fraction of sp³-hybridized carbons (Fsp3) is 0.346.